The molecule has 1 aromatic rings. The molecule has 0 aliphatic carbocycles. The van der Waals surface area contributed by atoms with Crippen molar-refractivity contribution in [2.45, 2.75) is 89.8 Å². The Hall–Kier alpha value is -5.83. The summed E-state index contributed by atoms with van der Waals surface area (Å²) in [6.45, 7) is 5.97. The number of carbonyl (C=O) groups is 9. The summed E-state index contributed by atoms with van der Waals surface area (Å²) in [5.74, 6) is -6.02. The van der Waals surface area contributed by atoms with Crippen molar-refractivity contribution in [2.75, 3.05) is 125 Å². The third kappa shape index (κ3) is 31.7. The van der Waals surface area contributed by atoms with Crippen molar-refractivity contribution in [3.05, 3.63) is 35.9 Å². The third-order valence-corrected chi connectivity index (χ3v) is 11.8. The van der Waals surface area contributed by atoms with Gasteiger partial charge in [-0.3, -0.25) is 58.0 Å². The predicted molar refractivity (Wildman–Crippen MR) is 271 cm³/mol. The molecule has 1 fully saturated rings. The summed E-state index contributed by atoms with van der Waals surface area (Å²) in [6, 6.07) is 6.74. The van der Waals surface area contributed by atoms with Crippen LogP contribution in [0.2, 0.25) is 0 Å². The molecule has 74 heavy (non-hydrogen) atoms. The van der Waals surface area contributed by atoms with E-state index in [1.807, 2.05) is 44.2 Å². The Balaban J connectivity index is 1.59. The molecule has 0 aromatic heterocycles. The largest absolute Gasteiger partial charge is 0.480 e. The fourth-order valence-electron chi connectivity index (χ4n) is 7.84. The summed E-state index contributed by atoms with van der Waals surface area (Å²) >= 11 is 0. The minimum atomic E-state index is -1.23. The molecule has 0 bridgehead atoms. The van der Waals surface area contributed by atoms with Gasteiger partial charge in [-0.1, -0.05) is 50.6 Å². The summed E-state index contributed by atoms with van der Waals surface area (Å²) in [5, 5.41) is 51.6. The Bertz CT molecular complexity index is 1850. The van der Waals surface area contributed by atoms with Gasteiger partial charge in [0, 0.05) is 78.4 Å². The molecule has 418 valence electrons. The van der Waals surface area contributed by atoms with Crippen LogP contribution in [-0.4, -0.2) is 236 Å². The van der Waals surface area contributed by atoms with Crippen molar-refractivity contribution in [3.8, 4) is 0 Å². The second-order valence-electron chi connectivity index (χ2n) is 18.7. The molecule has 0 spiro atoms. The van der Waals surface area contributed by atoms with Gasteiger partial charge in [0.15, 0.2) is 0 Å². The van der Waals surface area contributed by atoms with Crippen LogP contribution in [0.5, 0.6) is 0 Å². The van der Waals surface area contributed by atoms with Crippen LogP contribution in [0.15, 0.2) is 30.3 Å². The molecule has 0 saturated carbocycles. The molecule has 2 rings (SSSR count). The maximum Gasteiger partial charge on any atom is 0.326 e. The van der Waals surface area contributed by atoms with E-state index in [4.69, 9.17) is 15.2 Å². The highest BCUT2D eigenvalue weighted by molar-refractivity contribution is 5.90. The molecule has 3 atom stereocenters. The molecule has 5 amide bonds. The van der Waals surface area contributed by atoms with Gasteiger partial charge in [0.05, 0.1) is 52.0 Å². The summed E-state index contributed by atoms with van der Waals surface area (Å²) < 4.78 is 10.8. The van der Waals surface area contributed by atoms with Crippen LogP contribution in [0.25, 0.3) is 0 Å². The van der Waals surface area contributed by atoms with Crippen molar-refractivity contribution in [3.63, 3.8) is 0 Å². The number of amides is 5. The molecule has 1 aliphatic heterocycles. The van der Waals surface area contributed by atoms with E-state index in [9.17, 15) is 63.6 Å². The topological polar surface area (TPSA) is 352 Å². The second kappa shape index (κ2) is 37.8. The van der Waals surface area contributed by atoms with Crippen molar-refractivity contribution in [1.82, 2.24) is 46.2 Å². The Morgan fingerprint density at radius 2 is 1.07 bits per heavy atom. The van der Waals surface area contributed by atoms with E-state index in [-0.39, 0.29) is 147 Å². The number of carboxylic acids is 4. The van der Waals surface area contributed by atoms with Crippen LogP contribution in [-0.2, 0) is 59.0 Å². The second-order valence-corrected chi connectivity index (χ2v) is 18.7. The molecular formula is C49H82N10O15. The fraction of sp³-hybridized carbons (Fsp3) is 0.694. The van der Waals surface area contributed by atoms with Crippen LogP contribution >= 0.6 is 0 Å². The molecule has 1 aromatic carbocycles. The number of ether oxygens (including phenoxy) is 2. The van der Waals surface area contributed by atoms with E-state index in [2.05, 4.69) is 26.6 Å². The molecular weight excluding hydrogens is 969 g/mol. The van der Waals surface area contributed by atoms with Gasteiger partial charge < -0.3 is 62.2 Å². The van der Waals surface area contributed by atoms with Gasteiger partial charge in [0.25, 0.3) is 0 Å². The van der Waals surface area contributed by atoms with Gasteiger partial charge in [-0.05, 0) is 56.4 Å². The lowest BCUT2D eigenvalue weighted by Gasteiger charge is -2.32. The fourth-order valence-corrected chi connectivity index (χ4v) is 7.84. The normalized spacial score (nSPS) is 15.6. The molecule has 1 saturated heterocycles. The van der Waals surface area contributed by atoms with Gasteiger partial charge >= 0.3 is 23.9 Å². The maximum absolute atomic E-state index is 13.0. The first-order valence-corrected chi connectivity index (χ1v) is 25.4. The van der Waals surface area contributed by atoms with E-state index in [0.29, 0.717) is 57.9 Å². The van der Waals surface area contributed by atoms with E-state index < -0.39 is 54.5 Å². The molecule has 1 aliphatic rings. The van der Waals surface area contributed by atoms with Crippen molar-refractivity contribution in [2.24, 2.45) is 11.7 Å². The summed E-state index contributed by atoms with van der Waals surface area (Å²) in [7, 11) is 0. The average molecular weight is 1050 g/mol. The lowest BCUT2D eigenvalue weighted by molar-refractivity contribution is -0.143. The Morgan fingerprint density at radius 1 is 0.554 bits per heavy atom. The van der Waals surface area contributed by atoms with Gasteiger partial charge in [-0.15, -0.1) is 0 Å². The highest BCUT2D eigenvalue weighted by atomic mass is 16.5. The highest BCUT2D eigenvalue weighted by Crippen LogP contribution is 2.09. The highest BCUT2D eigenvalue weighted by Gasteiger charge is 2.26. The minimum Gasteiger partial charge on any atom is -0.480 e. The van der Waals surface area contributed by atoms with Crippen LogP contribution in [0.3, 0.4) is 0 Å². The van der Waals surface area contributed by atoms with Gasteiger partial charge in [0.1, 0.15) is 18.7 Å². The minimum absolute atomic E-state index is 0.0493. The Kier molecular flexibility index (Phi) is 32.9. The first-order valence-electron chi connectivity index (χ1n) is 25.4. The lowest BCUT2D eigenvalue weighted by Crippen LogP contribution is -2.52. The van der Waals surface area contributed by atoms with Gasteiger partial charge in [-0.2, -0.15) is 0 Å². The first kappa shape index (κ1) is 64.3. The van der Waals surface area contributed by atoms with Crippen LogP contribution in [0, 0.1) is 5.92 Å². The number of aliphatic carboxylic acids is 4. The number of carbonyl (C=O) groups excluding carboxylic acids is 5. The number of benzene rings is 1. The molecule has 1 unspecified atom stereocenters. The smallest absolute Gasteiger partial charge is 0.326 e. The van der Waals surface area contributed by atoms with Crippen molar-refractivity contribution < 1.29 is 73.1 Å². The molecule has 0 radical (unpaired) electrons. The van der Waals surface area contributed by atoms with Crippen molar-refractivity contribution >= 4 is 53.4 Å². The quantitative estimate of drug-likeness (QED) is 0.0333. The first-order chi connectivity index (χ1) is 35.3. The van der Waals surface area contributed by atoms with Crippen LogP contribution in [0.1, 0.15) is 70.8 Å². The maximum atomic E-state index is 13.0. The monoisotopic (exact) mass is 1050 g/mol. The zero-order valence-electron chi connectivity index (χ0n) is 43.1. The average Bonchev–Trinajstić information content (AvgIpc) is 3.33. The van der Waals surface area contributed by atoms with E-state index >= 15 is 0 Å². The zero-order valence-corrected chi connectivity index (χ0v) is 43.1. The number of rotatable bonds is 36. The molecule has 1 heterocycles. The zero-order chi connectivity index (χ0) is 54.7. The number of hydrogen-bond acceptors (Lipinski definition) is 16. The van der Waals surface area contributed by atoms with Gasteiger partial charge in [-0.25, -0.2) is 4.79 Å². The standard InChI is InChI=1S/C49H82N10O15/c1-36(2)29-40(55-47(69)38(50)30-37-11-5-3-6-12-37)48(70)53-16-9-4-7-14-41(60)52-17-26-73-27-28-74-35-43(62)54-39(49(71)72)13-8-10-15-51-42(61)31-56-18-20-57(32-44(63)64)22-24-59(34-46(67)68)25-23-58(21-19-56)33-45(65)66/h3,5-6,11-12,36,38-40H,4,7-10,13-35,50H2,1-2H3,(H,51,61)(H,52,60)(H,53,70)(H,54,62)(H,55,69)(H,63,64)(H,65,66)(H,67,68)(H,71,72)/t38-,39?,40-/m0/s1. The van der Waals surface area contributed by atoms with Crippen LogP contribution < -0.4 is 32.3 Å². The van der Waals surface area contributed by atoms with E-state index in [0.717, 1.165) is 5.56 Å². The van der Waals surface area contributed by atoms with Gasteiger partial charge in [0.2, 0.25) is 29.5 Å². The van der Waals surface area contributed by atoms with E-state index in [1.54, 1.807) is 19.6 Å². The van der Waals surface area contributed by atoms with Crippen LogP contribution in [0.4, 0.5) is 0 Å². The number of unbranched alkanes of at least 4 members (excludes halogenated alkanes) is 3. The summed E-state index contributed by atoms with van der Waals surface area (Å²) in [5.41, 5.74) is 7.05. The molecule has 25 nitrogen and oxygen atoms in total. The number of nitrogens with one attached hydrogen (secondary N) is 5. The van der Waals surface area contributed by atoms with E-state index in [1.165, 1.54) is 0 Å². The number of carboxylic acid groups (broad SMARTS) is 4. The third-order valence-electron chi connectivity index (χ3n) is 11.8. The molecule has 25 heteroatoms. The summed E-state index contributed by atoms with van der Waals surface area (Å²) in [4.78, 5) is 116. The SMILES string of the molecule is CC(C)C[C@H](NC(=O)[C@@H](N)Cc1ccccc1)C(=O)NCCCCCC(=O)NCCOCCOCC(=O)NC(CCCCNC(=O)CN1CCN(CC(=O)O)CCN(CC(=O)O)CCN(CC(=O)O)CC1)C(=O)O. The summed E-state index contributed by atoms with van der Waals surface area (Å²) in [6.07, 6.45) is 3.94. The van der Waals surface area contributed by atoms with Crippen molar-refractivity contribution in [1.29, 1.82) is 0 Å². The Morgan fingerprint density at radius 3 is 1.61 bits per heavy atom. The Labute approximate surface area is 433 Å². The number of hydrogen-bond donors (Lipinski definition) is 10. The number of nitrogens with two attached hydrogens (primary N) is 1. The predicted octanol–water partition coefficient (Wildman–Crippen LogP) is -1.76. The molecule has 11 N–H and O–H groups in total. The number of nitrogens with zero attached hydrogens (tertiary/aromatic N) is 4. The lowest BCUT2D eigenvalue weighted by atomic mass is 10.0.